The van der Waals surface area contributed by atoms with Crippen LogP contribution in [0.1, 0.15) is 32.1 Å². The van der Waals surface area contributed by atoms with E-state index in [1.165, 1.54) is 19.3 Å². The zero-order chi connectivity index (χ0) is 11.4. The second-order valence-electron chi connectivity index (χ2n) is 4.41. The van der Waals surface area contributed by atoms with Gasteiger partial charge in [-0.1, -0.05) is 31.4 Å². The molecule has 0 atom stereocenters. The van der Waals surface area contributed by atoms with Crippen molar-refractivity contribution in [2.45, 2.75) is 32.1 Å². The van der Waals surface area contributed by atoms with Gasteiger partial charge in [-0.2, -0.15) is 0 Å². The number of hydrogen-bond donors (Lipinski definition) is 2. The van der Waals surface area contributed by atoms with E-state index >= 15 is 0 Å². The number of nitrogens with two attached hydrogens (primary N) is 1. The molecule has 0 spiro atoms. The Balaban J connectivity index is 1.99. The Bertz CT molecular complexity index is 370. The van der Waals surface area contributed by atoms with E-state index in [-0.39, 0.29) is 11.8 Å². The molecule has 1 fully saturated rings. The highest BCUT2D eigenvalue weighted by molar-refractivity contribution is 5.95. The van der Waals surface area contributed by atoms with Crippen molar-refractivity contribution in [1.82, 2.24) is 0 Å². The van der Waals surface area contributed by atoms with Crippen molar-refractivity contribution in [1.29, 1.82) is 0 Å². The SMILES string of the molecule is Nc1ccccc1NC(=O)C1CCCCC1. The average molecular weight is 218 g/mol. The van der Waals surface area contributed by atoms with Crippen molar-refractivity contribution in [3.8, 4) is 0 Å². The zero-order valence-corrected chi connectivity index (χ0v) is 9.41. The van der Waals surface area contributed by atoms with Gasteiger partial charge in [0.1, 0.15) is 0 Å². The Morgan fingerprint density at radius 3 is 2.56 bits per heavy atom. The lowest BCUT2D eigenvalue weighted by Crippen LogP contribution is -2.25. The number of rotatable bonds is 2. The summed E-state index contributed by atoms with van der Waals surface area (Å²) in [7, 11) is 0. The topological polar surface area (TPSA) is 55.1 Å². The number of nitrogen functional groups attached to an aromatic ring is 1. The minimum Gasteiger partial charge on any atom is -0.397 e. The number of nitrogens with one attached hydrogen (secondary N) is 1. The van der Waals surface area contributed by atoms with Crippen LogP contribution in [-0.4, -0.2) is 5.91 Å². The lowest BCUT2D eigenvalue weighted by Gasteiger charge is -2.21. The predicted octanol–water partition coefficient (Wildman–Crippen LogP) is 2.79. The fourth-order valence-electron chi connectivity index (χ4n) is 2.21. The first-order valence-corrected chi connectivity index (χ1v) is 5.93. The maximum atomic E-state index is 12.0. The van der Waals surface area contributed by atoms with E-state index < -0.39 is 0 Å². The van der Waals surface area contributed by atoms with Gasteiger partial charge >= 0.3 is 0 Å². The van der Waals surface area contributed by atoms with E-state index in [1.54, 1.807) is 6.07 Å². The molecule has 0 unspecified atom stereocenters. The van der Waals surface area contributed by atoms with Crippen LogP contribution in [0.4, 0.5) is 11.4 Å². The van der Waals surface area contributed by atoms with Gasteiger partial charge in [-0.05, 0) is 25.0 Å². The molecule has 0 heterocycles. The van der Waals surface area contributed by atoms with Gasteiger partial charge in [-0.25, -0.2) is 0 Å². The van der Waals surface area contributed by atoms with Crippen LogP contribution >= 0.6 is 0 Å². The lowest BCUT2D eigenvalue weighted by atomic mass is 9.88. The third-order valence-electron chi connectivity index (χ3n) is 3.19. The van der Waals surface area contributed by atoms with Crippen LogP contribution in [0.2, 0.25) is 0 Å². The van der Waals surface area contributed by atoms with Crippen LogP contribution in [0.5, 0.6) is 0 Å². The van der Waals surface area contributed by atoms with Crippen LogP contribution in [0.25, 0.3) is 0 Å². The third kappa shape index (κ3) is 2.54. The summed E-state index contributed by atoms with van der Waals surface area (Å²) in [6, 6.07) is 7.39. The molecule has 1 aromatic rings. The molecule has 0 aromatic heterocycles. The van der Waals surface area contributed by atoms with Crippen LogP contribution in [-0.2, 0) is 4.79 Å². The van der Waals surface area contributed by atoms with E-state index in [2.05, 4.69) is 5.32 Å². The van der Waals surface area contributed by atoms with Crippen molar-refractivity contribution in [3.63, 3.8) is 0 Å². The molecule has 1 aliphatic rings. The Morgan fingerprint density at radius 2 is 1.88 bits per heavy atom. The van der Waals surface area contributed by atoms with E-state index in [1.807, 2.05) is 18.2 Å². The monoisotopic (exact) mass is 218 g/mol. The molecule has 16 heavy (non-hydrogen) atoms. The van der Waals surface area contributed by atoms with Crippen LogP contribution in [0.3, 0.4) is 0 Å². The van der Waals surface area contributed by atoms with E-state index in [0.717, 1.165) is 18.5 Å². The second kappa shape index (κ2) is 5.01. The van der Waals surface area contributed by atoms with Crippen molar-refractivity contribution >= 4 is 17.3 Å². The fraction of sp³-hybridized carbons (Fsp3) is 0.462. The number of carbonyl (C=O) groups excluding carboxylic acids is 1. The molecule has 0 aliphatic heterocycles. The van der Waals surface area contributed by atoms with Crippen LogP contribution in [0, 0.1) is 5.92 Å². The molecule has 1 aliphatic carbocycles. The molecule has 3 heteroatoms. The largest absolute Gasteiger partial charge is 0.397 e. The first kappa shape index (κ1) is 11.0. The maximum Gasteiger partial charge on any atom is 0.227 e. The van der Waals surface area contributed by atoms with Gasteiger partial charge in [0, 0.05) is 5.92 Å². The smallest absolute Gasteiger partial charge is 0.227 e. The molecule has 86 valence electrons. The number of benzene rings is 1. The summed E-state index contributed by atoms with van der Waals surface area (Å²) < 4.78 is 0. The molecule has 1 aromatic carbocycles. The molecule has 1 amide bonds. The van der Waals surface area contributed by atoms with Gasteiger partial charge in [0.2, 0.25) is 5.91 Å². The van der Waals surface area contributed by atoms with Crippen LogP contribution in [0.15, 0.2) is 24.3 Å². The zero-order valence-electron chi connectivity index (χ0n) is 9.41. The third-order valence-corrected chi connectivity index (χ3v) is 3.19. The fourth-order valence-corrected chi connectivity index (χ4v) is 2.21. The van der Waals surface area contributed by atoms with Crippen molar-refractivity contribution in [2.75, 3.05) is 11.1 Å². The number of carbonyl (C=O) groups is 1. The molecule has 0 saturated heterocycles. The number of hydrogen-bond acceptors (Lipinski definition) is 2. The van der Waals surface area contributed by atoms with Gasteiger partial charge in [0.05, 0.1) is 11.4 Å². The molecule has 2 rings (SSSR count). The van der Waals surface area contributed by atoms with Crippen molar-refractivity contribution in [2.24, 2.45) is 5.92 Å². The molecule has 3 nitrogen and oxygen atoms in total. The normalized spacial score (nSPS) is 17.0. The predicted molar refractivity (Wildman–Crippen MR) is 66.1 cm³/mol. The minimum atomic E-state index is 0.123. The molecule has 0 bridgehead atoms. The van der Waals surface area contributed by atoms with Gasteiger partial charge < -0.3 is 11.1 Å². The molecule has 1 saturated carbocycles. The van der Waals surface area contributed by atoms with Gasteiger partial charge in [0.25, 0.3) is 0 Å². The first-order valence-electron chi connectivity index (χ1n) is 5.93. The van der Waals surface area contributed by atoms with Gasteiger partial charge in [-0.3, -0.25) is 4.79 Å². The van der Waals surface area contributed by atoms with Crippen LogP contribution < -0.4 is 11.1 Å². The standard InChI is InChI=1S/C13H18N2O/c14-11-8-4-5-9-12(11)15-13(16)10-6-2-1-3-7-10/h4-5,8-10H,1-3,6-7,14H2,(H,15,16). The average Bonchev–Trinajstić information content (AvgIpc) is 2.33. The summed E-state index contributed by atoms with van der Waals surface area (Å²) in [5.41, 5.74) is 7.15. The Morgan fingerprint density at radius 1 is 1.19 bits per heavy atom. The van der Waals surface area contributed by atoms with Gasteiger partial charge in [-0.15, -0.1) is 0 Å². The Labute approximate surface area is 96.0 Å². The Hall–Kier alpha value is -1.51. The summed E-state index contributed by atoms with van der Waals surface area (Å²) >= 11 is 0. The number of anilines is 2. The highest BCUT2D eigenvalue weighted by Crippen LogP contribution is 2.26. The quantitative estimate of drug-likeness (QED) is 0.750. The molecular weight excluding hydrogens is 200 g/mol. The first-order chi connectivity index (χ1) is 7.77. The van der Waals surface area contributed by atoms with E-state index in [0.29, 0.717) is 5.69 Å². The Kier molecular flexibility index (Phi) is 3.44. The maximum absolute atomic E-state index is 12.0. The summed E-state index contributed by atoms with van der Waals surface area (Å²) in [6.45, 7) is 0. The van der Waals surface area contributed by atoms with E-state index in [4.69, 9.17) is 5.73 Å². The molecular formula is C13H18N2O. The summed E-state index contributed by atoms with van der Waals surface area (Å²) in [4.78, 5) is 12.0. The number of amides is 1. The lowest BCUT2D eigenvalue weighted by molar-refractivity contribution is -0.120. The summed E-state index contributed by atoms with van der Waals surface area (Å²) in [5, 5.41) is 2.92. The summed E-state index contributed by atoms with van der Waals surface area (Å²) in [5.74, 6) is 0.297. The van der Waals surface area contributed by atoms with Crippen molar-refractivity contribution in [3.05, 3.63) is 24.3 Å². The number of para-hydroxylation sites is 2. The van der Waals surface area contributed by atoms with E-state index in [9.17, 15) is 4.79 Å². The second-order valence-corrected chi connectivity index (χ2v) is 4.41. The minimum absolute atomic E-state index is 0.123. The highest BCUT2D eigenvalue weighted by Gasteiger charge is 2.21. The molecule has 3 N–H and O–H groups in total. The van der Waals surface area contributed by atoms with Crippen molar-refractivity contribution < 1.29 is 4.79 Å². The van der Waals surface area contributed by atoms with Gasteiger partial charge in [0.15, 0.2) is 0 Å². The highest BCUT2D eigenvalue weighted by atomic mass is 16.1. The summed E-state index contributed by atoms with van der Waals surface area (Å²) in [6.07, 6.45) is 5.62. The molecule has 0 radical (unpaired) electrons.